The Morgan fingerprint density at radius 3 is 2.41 bits per heavy atom. The highest BCUT2D eigenvalue weighted by Crippen LogP contribution is 2.38. The van der Waals surface area contributed by atoms with Crippen LogP contribution in [0.2, 0.25) is 0 Å². The standard InChI is InChI=1S/C22H26O7/c1-7-12(3)21(25)28-17-9-11(2)8-16(24)10-13(4)19(27-15(6)23)20-18(17)14(5)22(26)29-20/h7-8,10,17-20H,5,9H2,1-4,6H3. The van der Waals surface area contributed by atoms with E-state index in [1.54, 1.807) is 33.8 Å². The lowest BCUT2D eigenvalue weighted by Crippen LogP contribution is -2.43. The summed E-state index contributed by atoms with van der Waals surface area (Å²) in [6.45, 7) is 11.7. The van der Waals surface area contributed by atoms with Crippen LogP contribution in [0.15, 0.2) is 47.1 Å². The molecule has 0 radical (unpaired) electrons. The van der Waals surface area contributed by atoms with Crippen LogP contribution >= 0.6 is 0 Å². The summed E-state index contributed by atoms with van der Waals surface area (Å²) in [6.07, 6.45) is 1.81. The third-order valence-corrected chi connectivity index (χ3v) is 5.00. The van der Waals surface area contributed by atoms with E-state index in [1.807, 2.05) is 0 Å². The van der Waals surface area contributed by atoms with Crippen molar-refractivity contribution in [3.05, 3.63) is 47.1 Å². The van der Waals surface area contributed by atoms with Gasteiger partial charge in [-0.2, -0.15) is 0 Å². The smallest absolute Gasteiger partial charge is 0.334 e. The quantitative estimate of drug-likeness (QED) is 0.407. The summed E-state index contributed by atoms with van der Waals surface area (Å²) in [4.78, 5) is 48.8. The van der Waals surface area contributed by atoms with Crippen LogP contribution in [-0.4, -0.2) is 42.0 Å². The number of hydrogen-bond donors (Lipinski definition) is 0. The summed E-state index contributed by atoms with van der Waals surface area (Å²) in [5.74, 6) is -2.82. The lowest BCUT2D eigenvalue weighted by atomic mass is 9.82. The van der Waals surface area contributed by atoms with Crippen LogP contribution in [0.5, 0.6) is 0 Å². The van der Waals surface area contributed by atoms with Crippen LogP contribution in [-0.2, 0) is 33.4 Å². The van der Waals surface area contributed by atoms with Gasteiger partial charge >= 0.3 is 17.9 Å². The van der Waals surface area contributed by atoms with Crippen LogP contribution in [0.4, 0.5) is 0 Å². The number of esters is 3. The number of carbonyl (C=O) groups excluding carboxylic acids is 4. The Labute approximate surface area is 170 Å². The first kappa shape index (κ1) is 22.3. The minimum absolute atomic E-state index is 0.135. The molecule has 0 saturated carbocycles. The summed E-state index contributed by atoms with van der Waals surface area (Å²) in [7, 11) is 0. The van der Waals surface area contributed by atoms with Gasteiger partial charge in [0.25, 0.3) is 0 Å². The predicted octanol–water partition coefficient (Wildman–Crippen LogP) is 2.76. The molecule has 1 fully saturated rings. The van der Waals surface area contributed by atoms with E-state index >= 15 is 0 Å². The SMILES string of the molecule is C=C1C(=O)OC2C(OC(C)=O)C(C)=CC(=O)C=C(C)CC(OC(=O)C(C)=CC)C12. The maximum Gasteiger partial charge on any atom is 0.334 e. The molecule has 1 heterocycles. The number of fused-ring (bicyclic) bond motifs is 1. The minimum atomic E-state index is -1.000. The monoisotopic (exact) mass is 402 g/mol. The van der Waals surface area contributed by atoms with Crippen LogP contribution in [0, 0.1) is 5.92 Å². The van der Waals surface area contributed by atoms with Gasteiger partial charge in [0.2, 0.25) is 0 Å². The van der Waals surface area contributed by atoms with Gasteiger partial charge in [-0.25, -0.2) is 9.59 Å². The molecule has 2 rings (SSSR count). The number of rotatable bonds is 3. The van der Waals surface area contributed by atoms with Crippen molar-refractivity contribution in [1.29, 1.82) is 0 Å². The molecule has 1 saturated heterocycles. The fourth-order valence-electron chi connectivity index (χ4n) is 3.45. The average Bonchev–Trinajstić information content (AvgIpc) is 2.91. The van der Waals surface area contributed by atoms with Gasteiger partial charge in [-0.1, -0.05) is 18.2 Å². The van der Waals surface area contributed by atoms with Gasteiger partial charge in [-0.15, -0.1) is 0 Å². The van der Waals surface area contributed by atoms with Gasteiger partial charge in [0.05, 0.1) is 5.92 Å². The number of ketones is 1. The molecule has 1 aliphatic carbocycles. The molecule has 0 bridgehead atoms. The van der Waals surface area contributed by atoms with Crippen molar-refractivity contribution in [3.63, 3.8) is 0 Å². The summed E-state index contributed by atoms with van der Waals surface area (Å²) in [5.41, 5.74) is 1.63. The Balaban J connectivity index is 2.58. The van der Waals surface area contributed by atoms with E-state index in [2.05, 4.69) is 6.58 Å². The molecule has 29 heavy (non-hydrogen) atoms. The van der Waals surface area contributed by atoms with Crippen molar-refractivity contribution in [2.24, 2.45) is 5.92 Å². The highest BCUT2D eigenvalue weighted by molar-refractivity contribution is 6.00. The third kappa shape index (κ3) is 5.10. The van der Waals surface area contributed by atoms with Crippen molar-refractivity contribution in [2.45, 2.75) is 59.4 Å². The van der Waals surface area contributed by atoms with Crippen molar-refractivity contribution in [1.82, 2.24) is 0 Å². The Morgan fingerprint density at radius 1 is 1.17 bits per heavy atom. The predicted molar refractivity (Wildman–Crippen MR) is 105 cm³/mol. The molecule has 0 amide bonds. The van der Waals surface area contributed by atoms with E-state index in [1.165, 1.54) is 19.1 Å². The zero-order valence-corrected chi connectivity index (χ0v) is 17.3. The molecule has 156 valence electrons. The number of allylic oxidation sites excluding steroid dienone is 3. The molecule has 0 spiro atoms. The van der Waals surface area contributed by atoms with Gasteiger partial charge in [0.1, 0.15) is 6.10 Å². The largest absolute Gasteiger partial charge is 0.458 e. The van der Waals surface area contributed by atoms with Crippen LogP contribution < -0.4 is 0 Å². The Bertz CT molecular complexity index is 843. The molecule has 4 atom stereocenters. The molecule has 0 aromatic carbocycles. The van der Waals surface area contributed by atoms with Gasteiger partial charge in [-0.05, 0) is 45.4 Å². The first-order valence-corrected chi connectivity index (χ1v) is 9.35. The summed E-state index contributed by atoms with van der Waals surface area (Å²) in [6, 6.07) is 0. The zero-order chi connectivity index (χ0) is 21.9. The van der Waals surface area contributed by atoms with Crippen LogP contribution in [0.1, 0.15) is 41.0 Å². The molecule has 0 aromatic heterocycles. The second kappa shape index (κ2) is 9.03. The maximum absolute atomic E-state index is 12.4. The Kier molecular flexibility index (Phi) is 6.95. The van der Waals surface area contributed by atoms with Crippen LogP contribution in [0.25, 0.3) is 0 Å². The number of ether oxygens (including phenoxy) is 3. The molecule has 0 N–H and O–H groups in total. The van der Waals surface area contributed by atoms with Crippen molar-refractivity contribution in [3.8, 4) is 0 Å². The second-order valence-electron chi connectivity index (χ2n) is 7.35. The van der Waals surface area contributed by atoms with Crippen molar-refractivity contribution >= 4 is 23.7 Å². The van der Waals surface area contributed by atoms with E-state index in [0.717, 1.165) is 0 Å². The molecular weight excluding hydrogens is 376 g/mol. The molecule has 0 aromatic rings. The Hall–Kier alpha value is -2.96. The normalized spacial score (nSPS) is 28.0. The van der Waals surface area contributed by atoms with Crippen LogP contribution in [0.3, 0.4) is 0 Å². The van der Waals surface area contributed by atoms with Crippen molar-refractivity contribution in [2.75, 3.05) is 0 Å². The highest BCUT2D eigenvalue weighted by Gasteiger charge is 2.50. The molecule has 4 unspecified atom stereocenters. The van der Waals surface area contributed by atoms with E-state index in [4.69, 9.17) is 14.2 Å². The van der Waals surface area contributed by atoms with Gasteiger partial charge < -0.3 is 14.2 Å². The molecule has 7 nitrogen and oxygen atoms in total. The molecule has 7 heteroatoms. The summed E-state index contributed by atoms with van der Waals surface area (Å²) >= 11 is 0. The third-order valence-electron chi connectivity index (χ3n) is 5.00. The topological polar surface area (TPSA) is 96.0 Å². The van der Waals surface area contributed by atoms with Gasteiger partial charge in [-0.3, -0.25) is 9.59 Å². The first-order chi connectivity index (χ1) is 13.5. The summed E-state index contributed by atoms with van der Waals surface area (Å²) in [5, 5.41) is 0. The van der Waals surface area contributed by atoms with E-state index in [0.29, 0.717) is 16.7 Å². The highest BCUT2D eigenvalue weighted by atomic mass is 16.6. The molecular formula is C22H26O7. The molecule has 2 aliphatic rings. The molecule has 1 aliphatic heterocycles. The zero-order valence-electron chi connectivity index (χ0n) is 17.3. The first-order valence-electron chi connectivity index (χ1n) is 9.35. The van der Waals surface area contributed by atoms with E-state index in [9.17, 15) is 19.2 Å². The van der Waals surface area contributed by atoms with Gasteiger partial charge in [0, 0.05) is 24.5 Å². The number of hydrogen-bond acceptors (Lipinski definition) is 7. The fraction of sp³-hybridized carbons (Fsp3) is 0.455. The van der Waals surface area contributed by atoms with E-state index in [-0.39, 0.29) is 17.8 Å². The number of carbonyl (C=O) groups is 4. The summed E-state index contributed by atoms with van der Waals surface area (Å²) < 4.78 is 16.6. The van der Waals surface area contributed by atoms with Crippen molar-refractivity contribution < 1.29 is 33.4 Å². The lowest BCUT2D eigenvalue weighted by molar-refractivity contribution is -0.162. The van der Waals surface area contributed by atoms with Gasteiger partial charge in [0.15, 0.2) is 18.0 Å². The lowest BCUT2D eigenvalue weighted by Gasteiger charge is -2.32. The minimum Gasteiger partial charge on any atom is -0.458 e. The maximum atomic E-state index is 12.4. The average molecular weight is 402 g/mol. The van der Waals surface area contributed by atoms with E-state index < -0.39 is 42.1 Å². The second-order valence-corrected chi connectivity index (χ2v) is 7.35. The fourth-order valence-corrected chi connectivity index (χ4v) is 3.45. The Morgan fingerprint density at radius 2 is 1.83 bits per heavy atom.